The molecule has 1 aromatic heterocycles. The minimum Gasteiger partial charge on any atom is -0.321 e. The Balaban J connectivity index is 2.22. The fraction of sp³-hybridized carbons (Fsp3) is 0.250. The van der Waals surface area contributed by atoms with E-state index >= 15 is 0 Å². The van der Waals surface area contributed by atoms with Gasteiger partial charge in [0.25, 0.3) is 5.91 Å². The summed E-state index contributed by atoms with van der Waals surface area (Å²) >= 11 is 1.09. The van der Waals surface area contributed by atoms with E-state index in [1.807, 2.05) is 24.3 Å². The smallest absolute Gasteiger partial charge is 0.269 e. The van der Waals surface area contributed by atoms with Crippen molar-refractivity contribution in [2.75, 3.05) is 5.32 Å². The first-order chi connectivity index (χ1) is 8.18. The van der Waals surface area contributed by atoms with Gasteiger partial charge < -0.3 is 5.32 Å². The molecule has 1 heterocycles. The lowest BCUT2D eigenvalue weighted by molar-refractivity contribution is 0.103. The maximum atomic E-state index is 11.9. The average Bonchev–Trinajstić information content (AvgIpc) is 2.83. The third kappa shape index (κ3) is 2.68. The van der Waals surface area contributed by atoms with Crippen molar-refractivity contribution >= 4 is 23.1 Å². The summed E-state index contributed by atoms with van der Waals surface area (Å²) in [6.45, 7) is 4.19. The minimum atomic E-state index is -0.159. The van der Waals surface area contributed by atoms with Crippen molar-refractivity contribution in [3.05, 3.63) is 40.9 Å². The lowest BCUT2D eigenvalue weighted by Crippen LogP contribution is -2.12. The average molecular weight is 247 g/mol. The molecular weight excluding hydrogens is 234 g/mol. The van der Waals surface area contributed by atoms with Crippen LogP contribution in [0.1, 0.15) is 35.0 Å². The number of hydrogen-bond acceptors (Lipinski definition) is 4. The highest BCUT2D eigenvalue weighted by Crippen LogP contribution is 2.24. The Labute approximate surface area is 104 Å². The Hall–Kier alpha value is -1.75. The van der Waals surface area contributed by atoms with Crippen LogP contribution >= 0.6 is 11.5 Å². The molecule has 0 aliphatic carbocycles. The Bertz CT molecular complexity index is 508. The van der Waals surface area contributed by atoms with Crippen LogP contribution in [0.25, 0.3) is 0 Å². The molecule has 0 saturated carbocycles. The summed E-state index contributed by atoms with van der Waals surface area (Å²) in [6.07, 6.45) is 1.47. The van der Waals surface area contributed by atoms with Crippen LogP contribution in [0.3, 0.4) is 0 Å². The molecule has 2 rings (SSSR count). The summed E-state index contributed by atoms with van der Waals surface area (Å²) in [4.78, 5) is 12.4. The largest absolute Gasteiger partial charge is 0.321 e. The zero-order valence-corrected chi connectivity index (χ0v) is 10.5. The second kappa shape index (κ2) is 5.05. The highest BCUT2D eigenvalue weighted by atomic mass is 32.1. The van der Waals surface area contributed by atoms with Gasteiger partial charge >= 0.3 is 0 Å². The number of para-hydroxylation sites is 1. The topological polar surface area (TPSA) is 54.9 Å². The molecule has 0 aliphatic heterocycles. The van der Waals surface area contributed by atoms with Crippen LogP contribution in [0.2, 0.25) is 0 Å². The predicted octanol–water partition coefficient (Wildman–Crippen LogP) is 2.91. The van der Waals surface area contributed by atoms with Gasteiger partial charge in [-0.2, -0.15) is 0 Å². The van der Waals surface area contributed by atoms with E-state index in [0.717, 1.165) is 22.8 Å². The number of rotatable bonds is 3. The van der Waals surface area contributed by atoms with Gasteiger partial charge in [-0.25, -0.2) is 0 Å². The standard InChI is InChI=1S/C12H13N3OS/c1-8(2)9-5-3-4-6-10(9)14-12(16)11-7-13-15-17-11/h3-8H,1-2H3,(H,14,16). The van der Waals surface area contributed by atoms with E-state index in [0.29, 0.717) is 10.8 Å². The maximum absolute atomic E-state index is 11.9. The van der Waals surface area contributed by atoms with E-state index in [9.17, 15) is 4.79 Å². The molecular formula is C12H13N3OS. The quantitative estimate of drug-likeness (QED) is 0.907. The normalized spacial score (nSPS) is 10.5. The Morgan fingerprint density at radius 1 is 1.35 bits per heavy atom. The number of benzene rings is 1. The SMILES string of the molecule is CC(C)c1ccccc1NC(=O)c1cnns1. The van der Waals surface area contributed by atoms with E-state index in [4.69, 9.17) is 0 Å². The second-order valence-corrected chi connectivity index (χ2v) is 4.76. The van der Waals surface area contributed by atoms with Gasteiger partial charge in [0.05, 0.1) is 6.20 Å². The van der Waals surface area contributed by atoms with Crippen LogP contribution < -0.4 is 5.32 Å². The summed E-state index contributed by atoms with van der Waals surface area (Å²) in [5.41, 5.74) is 1.97. The minimum absolute atomic E-state index is 0.159. The van der Waals surface area contributed by atoms with E-state index in [2.05, 4.69) is 28.8 Å². The first-order valence-corrected chi connectivity index (χ1v) is 6.13. The number of hydrogen-bond donors (Lipinski definition) is 1. The first kappa shape index (κ1) is 11.7. The van der Waals surface area contributed by atoms with Crippen LogP contribution in [0.4, 0.5) is 5.69 Å². The molecule has 1 amide bonds. The summed E-state index contributed by atoms with van der Waals surface area (Å²) in [5.74, 6) is 0.208. The number of anilines is 1. The summed E-state index contributed by atoms with van der Waals surface area (Å²) in [7, 11) is 0. The van der Waals surface area contributed by atoms with Crippen LogP contribution in [0.15, 0.2) is 30.5 Å². The highest BCUT2D eigenvalue weighted by molar-refractivity contribution is 7.07. The van der Waals surface area contributed by atoms with Gasteiger partial charge in [-0.3, -0.25) is 4.79 Å². The monoisotopic (exact) mass is 247 g/mol. The van der Waals surface area contributed by atoms with Crippen molar-refractivity contribution in [3.63, 3.8) is 0 Å². The van der Waals surface area contributed by atoms with Crippen LogP contribution in [-0.2, 0) is 0 Å². The van der Waals surface area contributed by atoms with Gasteiger partial charge in [0, 0.05) is 5.69 Å². The van der Waals surface area contributed by atoms with Gasteiger partial charge in [0.15, 0.2) is 0 Å². The van der Waals surface area contributed by atoms with Crippen molar-refractivity contribution in [1.29, 1.82) is 0 Å². The first-order valence-electron chi connectivity index (χ1n) is 5.36. The molecule has 0 unspecified atom stereocenters. The van der Waals surface area contributed by atoms with Gasteiger partial charge in [0.1, 0.15) is 4.88 Å². The van der Waals surface area contributed by atoms with Crippen LogP contribution in [0.5, 0.6) is 0 Å². The molecule has 1 aromatic carbocycles. The summed E-state index contributed by atoms with van der Waals surface area (Å²) in [6, 6.07) is 7.80. The summed E-state index contributed by atoms with van der Waals surface area (Å²) < 4.78 is 3.67. The zero-order valence-electron chi connectivity index (χ0n) is 9.68. The number of amides is 1. The number of carbonyl (C=O) groups excluding carboxylic acids is 1. The van der Waals surface area contributed by atoms with E-state index < -0.39 is 0 Å². The Morgan fingerprint density at radius 2 is 2.12 bits per heavy atom. The molecule has 2 aromatic rings. The molecule has 17 heavy (non-hydrogen) atoms. The van der Waals surface area contributed by atoms with E-state index in [1.54, 1.807) is 0 Å². The zero-order chi connectivity index (χ0) is 12.3. The molecule has 88 valence electrons. The number of nitrogens with one attached hydrogen (secondary N) is 1. The van der Waals surface area contributed by atoms with Crippen molar-refractivity contribution in [1.82, 2.24) is 9.59 Å². The molecule has 1 N–H and O–H groups in total. The fourth-order valence-electron chi connectivity index (χ4n) is 1.57. The van der Waals surface area contributed by atoms with Crippen molar-refractivity contribution in [2.24, 2.45) is 0 Å². The predicted molar refractivity (Wildman–Crippen MR) is 68.4 cm³/mol. The molecule has 0 spiro atoms. The molecule has 5 heteroatoms. The molecule has 0 radical (unpaired) electrons. The van der Waals surface area contributed by atoms with Gasteiger partial charge in [-0.15, -0.1) is 5.10 Å². The number of aromatic nitrogens is 2. The maximum Gasteiger partial charge on any atom is 0.269 e. The third-order valence-corrected chi connectivity index (χ3v) is 3.08. The van der Waals surface area contributed by atoms with Crippen molar-refractivity contribution in [2.45, 2.75) is 19.8 Å². The molecule has 0 atom stereocenters. The van der Waals surface area contributed by atoms with Crippen LogP contribution in [0, 0.1) is 0 Å². The Kier molecular flexibility index (Phi) is 3.49. The van der Waals surface area contributed by atoms with Gasteiger partial charge in [-0.05, 0) is 29.1 Å². The van der Waals surface area contributed by atoms with Gasteiger partial charge in [0.2, 0.25) is 0 Å². The second-order valence-electron chi connectivity index (χ2n) is 3.98. The number of nitrogens with zero attached hydrogens (tertiary/aromatic N) is 2. The molecule has 4 nitrogen and oxygen atoms in total. The number of carbonyl (C=O) groups is 1. The van der Waals surface area contributed by atoms with Crippen molar-refractivity contribution < 1.29 is 4.79 Å². The fourth-order valence-corrected chi connectivity index (χ4v) is 1.98. The van der Waals surface area contributed by atoms with Crippen molar-refractivity contribution in [3.8, 4) is 0 Å². The molecule has 0 aliphatic rings. The lowest BCUT2D eigenvalue weighted by Gasteiger charge is -2.12. The highest BCUT2D eigenvalue weighted by Gasteiger charge is 2.12. The van der Waals surface area contributed by atoms with Gasteiger partial charge in [-0.1, -0.05) is 36.5 Å². The lowest BCUT2D eigenvalue weighted by atomic mass is 10.0. The van der Waals surface area contributed by atoms with E-state index in [1.165, 1.54) is 6.20 Å². The molecule has 0 fully saturated rings. The van der Waals surface area contributed by atoms with Crippen LogP contribution in [-0.4, -0.2) is 15.5 Å². The molecule has 0 saturated heterocycles. The summed E-state index contributed by atoms with van der Waals surface area (Å²) in [5, 5.41) is 6.54. The third-order valence-electron chi connectivity index (χ3n) is 2.42. The van der Waals surface area contributed by atoms with E-state index in [-0.39, 0.29) is 5.91 Å². The molecule has 0 bridgehead atoms. The Morgan fingerprint density at radius 3 is 2.76 bits per heavy atom.